The number of benzene rings is 8. The molecule has 0 heterocycles. The van der Waals surface area contributed by atoms with Crippen molar-refractivity contribution in [1.29, 1.82) is 0 Å². The first-order chi connectivity index (χ1) is 36.0. The third-order valence-corrected chi connectivity index (χ3v) is 10.1. The van der Waals surface area contributed by atoms with Crippen LogP contribution < -0.4 is 4.90 Å². The quantitative estimate of drug-likeness (QED) is 0.167. The molecule has 0 saturated carbocycles. The Morgan fingerprint density at radius 1 is 0.396 bits per heavy atom. The highest BCUT2D eigenvalue weighted by Gasteiger charge is 2.46. The van der Waals surface area contributed by atoms with Crippen molar-refractivity contribution in [3.05, 3.63) is 233 Å². The highest BCUT2D eigenvalue weighted by atomic mass is 15.1. The molecule has 53 heavy (non-hydrogen) atoms. The highest BCUT2D eigenvalue weighted by molar-refractivity contribution is 5.88. The van der Waals surface area contributed by atoms with Crippen LogP contribution in [0.2, 0.25) is 0 Å². The molecule has 0 aromatic heterocycles. The molecular formula is C52H39N. The zero-order valence-electron chi connectivity index (χ0n) is 52.1. The van der Waals surface area contributed by atoms with Gasteiger partial charge in [0.05, 0.1) is 38.3 Å². The number of para-hydroxylation sites is 1. The summed E-state index contributed by atoms with van der Waals surface area (Å²) in [6.07, 6.45) is 0. The average Bonchev–Trinajstić information content (AvgIpc) is 3.98. The van der Waals surface area contributed by atoms with Crippen LogP contribution in [0.4, 0.5) is 17.1 Å². The lowest BCUT2D eigenvalue weighted by atomic mass is 9.67. The summed E-state index contributed by atoms with van der Waals surface area (Å²) in [6, 6.07) is -4.28. The van der Waals surface area contributed by atoms with Crippen LogP contribution in [-0.4, -0.2) is 0 Å². The van der Waals surface area contributed by atoms with Crippen molar-refractivity contribution in [2.24, 2.45) is 0 Å². The molecule has 0 amide bonds. The van der Waals surface area contributed by atoms with Crippen molar-refractivity contribution in [2.75, 3.05) is 4.90 Å². The van der Waals surface area contributed by atoms with E-state index in [4.69, 9.17) is 16.4 Å². The highest BCUT2D eigenvalue weighted by Crippen LogP contribution is 2.56. The van der Waals surface area contributed by atoms with Gasteiger partial charge in [0.1, 0.15) is 0 Å². The van der Waals surface area contributed by atoms with Gasteiger partial charge in [-0.3, -0.25) is 0 Å². The second kappa shape index (κ2) is 12.1. The van der Waals surface area contributed by atoms with Crippen molar-refractivity contribution in [1.82, 2.24) is 0 Å². The first-order valence-corrected chi connectivity index (χ1v) is 16.6. The zero-order valence-corrected chi connectivity index (χ0v) is 28.1. The molecule has 2 aliphatic carbocycles. The minimum absolute atomic E-state index is 0.0597. The Hall–Kier alpha value is -6.44. The van der Waals surface area contributed by atoms with E-state index < -0.39 is 154 Å². The smallest absolute Gasteiger partial charge is 0.0713 e. The van der Waals surface area contributed by atoms with Crippen LogP contribution in [0.3, 0.4) is 0 Å². The standard InChI is InChI=1S/C52H39N/c1-51(2)47-28-12-9-25-43(47)46-32-31-42(35-50(46)51)53(40-22-7-4-8-23-40)41-24-16-18-37(34-41)36-17-15-21-39(33-36)52(38-19-5-3-6-20-38)48-29-13-10-26-44(48)45-27-11-14-30-49(45)52/h3-35H,1-2H3/i3D,4D,5D,6D,7D,8D,9D,10D,11D,12D,13D,15D,16D,17D,18D,19D,21D,22D,23D,24D,25D,26D,27D,31D. The molecule has 8 aromatic rings. The summed E-state index contributed by atoms with van der Waals surface area (Å²) in [6.45, 7) is 3.53. The van der Waals surface area contributed by atoms with Crippen LogP contribution in [-0.2, 0) is 10.8 Å². The van der Waals surface area contributed by atoms with Gasteiger partial charge in [-0.25, -0.2) is 0 Å². The van der Waals surface area contributed by atoms with Gasteiger partial charge in [0.15, 0.2) is 0 Å². The normalized spacial score (nSPS) is 22.3. The summed E-state index contributed by atoms with van der Waals surface area (Å²) in [7, 11) is 0. The predicted molar refractivity (Wildman–Crippen MR) is 221 cm³/mol. The Morgan fingerprint density at radius 3 is 1.81 bits per heavy atom. The van der Waals surface area contributed by atoms with Crippen LogP contribution in [0.15, 0.2) is 200 Å². The zero-order chi connectivity index (χ0) is 56.5. The summed E-state index contributed by atoms with van der Waals surface area (Å²) in [5.41, 5.74) is -5.35. The van der Waals surface area contributed by atoms with Crippen LogP contribution in [0.1, 0.15) is 80.1 Å². The van der Waals surface area contributed by atoms with Gasteiger partial charge in [-0.15, -0.1) is 0 Å². The molecule has 0 fully saturated rings. The molecule has 1 atom stereocenters. The molecule has 0 radical (unpaired) electrons. The summed E-state index contributed by atoms with van der Waals surface area (Å²) < 4.78 is 217. The molecule has 0 spiro atoms. The van der Waals surface area contributed by atoms with Gasteiger partial charge in [0, 0.05) is 22.5 Å². The van der Waals surface area contributed by atoms with Crippen molar-refractivity contribution in [3.63, 3.8) is 0 Å². The Labute approximate surface area is 346 Å². The van der Waals surface area contributed by atoms with E-state index in [-0.39, 0.29) is 68.8 Å². The third-order valence-electron chi connectivity index (χ3n) is 10.1. The summed E-state index contributed by atoms with van der Waals surface area (Å²) in [5, 5.41) is 0. The Kier molecular flexibility index (Phi) is 3.48. The number of hydrogen-bond donors (Lipinski definition) is 0. The molecule has 0 N–H and O–H groups in total. The maximum Gasteiger partial charge on any atom is 0.0713 e. The van der Waals surface area contributed by atoms with E-state index in [1.165, 1.54) is 30.3 Å². The summed E-state index contributed by atoms with van der Waals surface area (Å²) in [5.74, 6) is 0. The predicted octanol–water partition coefficient (Wildman–Crippen LogP) is 13.5. The lowest BCUT2D eigenvalue weighted by molar-refractivity contribution is 0.660. The topological polar surface area (TPSA) is 3.24 Å². The van der Waals surface area contributed by atoms with E-state index in [0.29, 0.717) is 16.7 Å². The van der Waals surface area contributed by atoms with E-state index in [9.17, 15) is 16.4 Å². The van der Waals surface area contributed by atoms with Crippen LogP contribution >= 0.6 is 0 Å². The lowest BCUT2D eigenvalue weighted by Crippen LogP contribution is -2.28. The van der Waals surface area contributed by atoms with E-state index in [0.717, 1.165) is 29.2 Å². The first-order valence-electron chi connectivity index (χ1n) is 28.6. The monoisotopic (exact) mass is 701 g/mol. The van der Waals surface area contributed by atoms with Gasteiger partial charge < -0.3 is 4.90 Å². The van der Waals surface area contributed by atoms with Crippen LogP contribution in [0, 0.1) is 0 Å². The number of anilines is 3. The molecule has 8 aromatic carbocycles. The Morgan fingerprint density at radius 2 is 0.981 bits per heavy atom. The maximum atomic E-state index is 9.67. The lowest BCUT2D eigenvalue weighted by Gasteiger charge is -2.34. The molecule has 0 bridgehead atoms. The third kappa shape index (κ3) is 4.70. The van der Waals surface area contributed by atoms with Gasteiger partial charge in [0.2, 0.25) is 0 Å². The van der Waals surface area contributed by atoms with Crippen molar-refractivity contribution in [3.8, 4) is 33.4 Å². The Bertz CT molecular complexity index is 4010. The second-order valence-electron chi connectivity index (χ2n) is 13.1. The minimum Gasteiger partial charge on any atom is -0.310 e. The summed E-state index contributed by atoms with van der Waals surface area (Å²) in [4.78, 5) is 0.979. The Balaban J connectivity index is 1.34. The van der Waals surface area contributed by atoms with E-state index in [1.807, 2.05) is 0 Å². The maximum absolute atomic E-state index is 9.67. The largest absolute Gasteiger partial charge is 0.310 e. The fourth-order valence-electron chi connectivity index (χ4n) is 7.71. The minimum atomic E-state index is -2.32. The van der Waals surface area contributed by atoms with Gasteiger partial charge in [-0.05, 0) is 109 Å². The number of rotatable bonds is 6. The molecule has 1 unspecified atom stereocenters. The van der Waals surface area contributed by atoms with Crippen molar-refractivity contribution >= 4 is 17.1 Å². The molecule has 10 rings (SSSR count). The van der Waals surface area contributed by atoms with Gasteiger partial charge in [0.25, 0.3) is 0 Å². The average molecular weight is 702 g/mol. The van der Waals surface area contributed by atoms with Gasteiger partial charge in [-0.1, -0.05) is 171 Å². The number of hydrogen-bond acceptors (Lipinski definition) is 1. The van der Waals surface area contributed by atoms with Crippen LogP contribution in [0.5, 0.6) is 0 Å². The molecule has 0 saturated heterocycles. The van der Waals surface area contributed by atoms with E-state index in [1.54, 1.807) is 13.8 Å². The fourth-order valence-corrected chi connectivity index (χ4v) is 7.71. The van der Waals surface area contributed by atoms with Gasteiger partial charge >= 0.3 is 0 Å². The first kappa shape index (κ1) is 15.3. The molecule has 252 valence electrons. The van der Waals surface area contributed by atoms with Crippen molar-refractivity contribution in [2.45, 2.75) is 24.7 Å². The molecule has 1 heteroatoms. The van der Waals surface area contributed by atoms with E-state index in [2.05, 4.69) is 0 Å². The summed E-state index contributed by atoms with van der Waals surface area (Å²) >= 11 is 0. The number of nitrogens with zero attached hydrogens (tertiary/aromatic N) is 1. The second-order valence-corrected chi connectivity index (χ2v) is 13.1. The molecule has 0 aliphatic heterocycles. The van der Waals surface area contributed by atoms with E-state index >= 15 is 0 Å². The SMILES string of the molecule is [2H]c1cc2c(cc1N(c1cc(-c3cc(C4(c5cc([2H])c([2H])c([2H])c5[2H])c5ccc([2H])c([2H])c5-c5c4cc([2H])c([2H])c5[2H])c([2H])c([2H])c3[2H])c([2H])c([2H])c1[2H])c1c([2H])c([2H])c([2H])c([2H])c1[2H])C(C)(C)c1cc([2H])c([2H])c([2H])c1-2. The van der Waals surface area contributed by atoms with Crippen LogP contribution in [0.25, 0.3) is 33.4 Å². The number of fused-ring (bicyclic) bond motifs is 6. The molecule has 1 nitrogen and oxygen atoms in total. The molecular weight excluding hydrogens is 639 g/mol. The fraction of sp³-hybridized carbons (Fsp3) is 0.0769. The van der Waals surface area contributed by atoms with Gasteiger partial charge in [-0.2, -0.15) is 0 Å². The van der Waals surface area contributed by atoms with Crippen molar-refractivity contribution < 1.29 is 32.9 Å². The molecule has 2 aliphatic rings.